The first-order chi connectivity index (χ1) is 20.1. The van der Waals surface area contributed by atoms with E-state index in [0.717, 1.165) is 5.56 Å². The smallest absolute Gasteiger partial charge is 0.324 e. The van der Waals surface area contributed by atoms with Crippen LogP contribution in [0.1, 0.15) is 65.0 Å². The van der Waals surface area contributed by atoms with Crippen LogP contribution in [0.5, 0.6) is 0 Å². The Morgan fingerprint density at radius 1 is 1.02 bits per heavy atom. The Kier molecular flexibility index (Phi) is 10.4. The molecule has 11 heteroatoms. The molecule has 4 rings (SSSR count). The molecule has 2 fully saturated rings. The highest BCUT2D eigenvalue weighted by Crippen LogP contribution is 2.40. The summed E-state index contributed by atoms with van der Waals surface area (Å²) in [6.45, 7) is 10.6. The summed E-state index contributed by atoms with van der Waals surface area (Å²) in [6, 6.07) is 14.4. The molecule has 2 aromatic rings. The van der Waals surface area contributed by atoms with Gasteiger partial charge < -0.3 is 28.8 Å². The maximum Gasteiger partial charge on any atom is 0.324 e. The van der Waals surface area contributed by atoms with Gasteiger partial charge in [0.15, 0.2) is 12.1 Å². The molecule has 10 nitrogen and oxygen atoms in total. The SMILES string of the molecule is CO[C@@H]1O[C@H](CC(O)CC[C@@H](C(=O)OC(C)(C)C)N(Cc2ccccc2)S(=O)(=O)c2ccc(C)cc2)[C@H]2OC(C)(C)O[C@@H]12. The molecule has 43 heavy (non-hydrogen) atoms. The van der Waals surface area contributed by atoms with E-state index >= 15 is 0 Å². The van der Waals surface area contributed by atoms with Crippen molar-refractivity contribution in [2.24, 2.45) is 0 Å². The minimum atomic E-state index is -4.15. The Balaban J connectivity index is 1.60. The number of hydrogen-bond acceptors (Lipinski definition) is 9. The van der Waals surface area contributed by atoms with E-state index in [1.165, 1.54) is 23.5 Å². The van der Waals surface area contributed by atoms with Crippen LogP contribution in [-0.4, -0.2) is 79.0 Å². The van der Waals surface area contributed by atoms with Crippen LogP contribution < -0.4 is 0 Å². The minimum absolute atomic E-state index is 0.0192. The van der Waals surface area contributed by atoms with Crippen LogP contribution in [0.15, 0.2) is 59.5 Å². The Hall–Kier alpha value is -2.38. The predicted molar refractivity (Wildman–Crippen MR) is 159 cm³/mol. The second-order valence-electron chi connectivity index (χ2n) is 12.7. The number of sulfonamides is 1. The third-order valence-corrected chi connectivity index (χ3v) is 9.32. The number of ether oxygens (including phenoxy) is 5. The van der Waals surface area contributed by atoms with Gasteiger partial charge in [-0.3, -0.25) is 4.79 Å². The molecular weight excluding hydrogens is 574 g/mol. The molecule has 0 aliphatic carbocycles. The van der Waals surface area contributed by atoms with Gasteiger partial charge in [-0.25, -0.2) is 8.42 Å². The summed E-state index contributed by atoms with van der Waals surface area (Å²) in [6.07, 6.45) is -2.64. The van der Waals surface area contributed by atoms with Crippen molar-refractivity contribution in [2.45, 2.75) is 120 Å². The van der Waals surface area contributed by atoms with Crippen molar-refractivity contribution < 1.29 is 42.0 Å². The zero-order chi connectivity index (χ0) is 31.6. The minimum Gasteiger partial charge on any atom is -0.459 e. The number of hydrogen-bond donors (Lipinski definition) is 1. The molecule has 0 radical (unpaired) electrons. The molecule has 2 saturated heterocycles. The number of nitrogens with zero attached hydrogens (tertiary/aromatic N) is 1. The normalized spacial score (nSPS) is 25.0. The van der Waals surface area contributed by atoms with Gasteiger partial charge in [-0.05, 0) is 72.1 Å². The summed E-state index contributed by atoms with van der Waals surface area (Å²) < 4.78 is 58.6. The number of aliphatic hydroxyl groups excluding tert-OH is 1. The lowest BCUT2D eigenvalue weighted by Crippen LogP contribution is -2.47. The first-order valence-corrected chi connectivity index (χ1v) is 16.1. The number of rotatable bonds is 12. The first-order valence-electron chi connectivity index (χ1n) is 14.7. The van der Waals surface area contributed by atoms with Crippen molar-refractivity contribution in [1.82, 2.24) is 4.31 Å². The van der Waals surface area contributed by atoms with Crippen molar-refractivity contribution >= 4 is 16.0 Å². The molecule has 0 aromatic heterocycles. The molecule has 1 N–H and O–H groups in total. The van der Waals surface area contributed by atoms with Gasteiger partial charge in [-0.2, -0.15) is 4.31 Å². The molecular formula is C32H45NO9S. The average Bonchev–Trinajstić information content (AvgIpc) is 3.40. The van der Waals surface area contributed by atoms with Gasteiger partial charge >= 0.3 is 5.97 Å². The van der Waals surface area contributed by atoms with Crippen molar-refractivity contribution in [3.63, 3.8) is 0 Å². The molecule has 0 spiro atoms. The highest BCUT2D eigenvalue weighted by molar-refractivity contribution is 7.89. The van der Waals surface area contributed by atoms with Crippen LogP contribution in [0.4, 0.5) is 0 Å². The zero-order valence-corrected chi connectivity index (χ0v) is 26.9. The fraction of sp³-hybridized carbons (Fsp3) is 0.594. The zero-order valence-electron chi connectivity index (χ0n) is 26.1. The van der Waals surface area contributed by atoms with Crippen LogP contribution in [0, 0.1) is 6.92 Å². The molecule has 0 bridgehead atoms. The van der Waals surface area contributed by atoms with Crippen LogP contribution >= 0.6 is 0 Å². The Morgan fingerprint density at radius 2 is 1.65 bits per heavy atom. The number of carbonyl (C=O) groups is 1. The fourth-order valence-electron chi connectivity index (χ4n) is 5.48. The van der Waals surface area contributed by atoms with Gasteiger partial charge in [0.25, 0.3) is 0 Å². The number of aliphatic hydroxyl groups is 1. The lowest BCUT2D eigenvalue weighted by molar-refractivity contribution is -0.229. The maximum absolute atomic E-state index is 14.1. The lowest BCUT2D eigenvalue weighted by atomic mass is 9.99. The average molecular weight is 620 g/mol. The van der Waals surface area contributed by atoms with E-state index in [-0.39, 0.29) is 30.7 Å². The summed E-state index contributed by atoms with van der Waals surface area (Å²) >= 11 is 0. The third kappa shape index (κ3) is 8.42. The molecule has 0 amide bonds. The molecule has 2 heterocycles. The van der Waals surface area contributed by atoms with Crippen molar-refractivity contribution in [3.8, 4) is 0 Å². The number of methoxy groups -OCH3 is 1. The van der Waals surface area contributed by atoms with Gasteiger partial charge in [-0.15, -0.1) is 0 Å². The number of carbonyl (C=O) groups excluding carboxylic acids is 1. The van der Waals surface area contributed by atoms with Crippen molar-refractivity contribution in [3.05, 3.63) is 65.7 Å². The van der Waals surface area contributed by atoms with E-state index in [4.69, 9.17) is 23.7 Å². The lowest BCUT2D eigenvalue weighted by Gasteiger charge is -2.32. The number of aryl methyl sites for hydroxylation is 1. The van der Waals surface area contributed by atoms with E-state index in [1.54, 1.807) is 32.9 Å². The summed E-state index contributed by atoms with van der Waals surface area (Å²) in [4.78, 5) is 13.8. The summed E-state index contributed by atoms with van der Waals surface area (Å²) in [5.74, 6) is -1.50. The standard InChI is InChI=1S/C32H45NO9S/c1-21-13-16-24(17-14-21)43(36,37)33(20-22-11-9-8-10-12-22)25(29(35)42-31(2,3)4)18-15-23(34)19-26-27-28(30(38-7)39-26)41-32(5,6)40-27/h8-14,16-17,23,25-28,30,34H,15,18-20H2,1-7H3/t23?,25-,26+,27+,28+,30+/m0/s1. The molecule has 1 unspecified atom stereocenters. The maximum atomic E-state index is 14.1. The quantitative estimate of drug-likeness (QED) is 0.346. The Labute approximate surface area is 255 Å². The van der Waals surface area contributed by atoms with Crippen LogP contribution in [0.2, 0.25) is 0 Å². The highest BCUT2D eigenvalue weighted by atomic mass is 32.2. The van der Waals surface area contributed by atoms with E-state index in [0.29, 0.717) is 5.56 Å². The monoisotopic (exact) mass is 619 g/mol. The van der Waals surface area contributed by atoms with Gasteiger partial charge in [-0.1, -0.05) is 48.0 Å². The number of fused-ring (bicyclic) bond motifs is 1. The molecule has 2 aliphatic rings. The molecule has 2 aromatic carbocycles. The second-order valence-corrected chi connectivity index (χ2v) is 14.6. The topological polar surface area (TPSA) is 121 Å². The van der Waals surface area contributed by atoms with E-state index in [9.17, 15) is 18.3 Å². The third-order valence-electron chi connectivity index (χ3n) is 7.45. The van der Waals surface area contributed by atoms with Crippen molar-refractivity contribution in [2.75, 3.05) is 7.11 Å². The van der Waals surface area contributed by atoms with Gasteiger partial charge in [0.05, 0.1) is 17.1 Å². The molecule has 6 atom stereocenters. The van der Waals surface area contributed by atoms with E-state index in [1.807, 2.05) is 51.1 Å². The molecule has 238 valence electrons. The Morgan fingerprint density at radius 3 is 2.26 bits per heavy atom. The molecule has 2 aliphatic heterocycles. The van der Waals surface area contributed by atoms with Crippen molar-refractivity contribution in [1.29, 1.82) is 0 Å². The summed E-state index contributed by atoms with van der Waals surface area (Å²) in [5, 5.41) is 11.2. The van der Waals surface area contributed by atoms with E-state index < -0.39 is 64.1 Å². The van der Waals surface area contributed by atoms with Crippen LogP contribution in [0.25, 0.3) is 0 Å². The fourth-order valence-corrected chi connectivity index (χ4v) is 7.08. The number of benzene rings is 2. The van der Waals surface area contributed by atoms with Gasteiger partial charge in [0, 0.05) is 20.1 Å². The predicted octanol–water partition coefficient (Wildman–Crippen LogP) is 4.32. The Bertz CT molecular complexity index is 1320. The highest BCUT2D eigenvalue weighted by Gasteiger charge is 2.55. The van der Waals surface area contributed by atoms with Crippen LogP contribution in [0.3, 0.4) is 0 Å². The van der Waals surface area contributed by atoms with Crippen LogP contribution in [-0.2, 0) is 45.0 Å². The molecule has 0 saturated carbocycles. The van der Waals surface area contributed by atoms with E-state index in [2.05, 4.69) is 0 Å². The van der Waals surface area contributed by atoms with Gasteiger partial charge in [0.2, 0.25) is 10.0 Å². The second kappa shape index (κ2) is 13.3. The van der Waals surface area contributed by atoms with Gasteiger partial charge in [0.1, 0.15) is 23.9 Å². The first kappa shape index (κ1) is 33.5. The summed E-state index contributed by atoms with van der Waals surface area (Å²) in [5.41, 5.74) is 0.769. The summed E-state index contributed by atoms with van der Waals surface area (Å²) in [7, 11) is -2.62. The number of esters is 1. The largest absolute Gasteiger partial charge is 0.459 e.